The van der Waals surface area contributed by atoms with E-state index in [1.165, 1.54) is 5.69 Å². The smallest absolute Gasteiger partial charge is 0.261 e. The summed E-state index contributed by atoms with van der Waals surface area (Å²) in [5.41, 5.74) is 7.50. The van der Waals surface area contributed by atoms with Gasteiger partial charge < -0.3 is 4.57 Å². The Bertz CT molecular complexity index is 950. The lowest BCUT2D eigenvalue weighted by molar-refractivity contribution is -0.121. The topological polar surface area (TPSA) is 77.1 Å². The van der Waals surface area contributed by atoms with Crippen LogP contribution in [0.5, 0.6) is 0 Å². The Morgan fingerprint density at radius 1 is 1.31 bits per heavy atom. The molecule has 7 nitrogen and oxygen atoms in total. The fraction of sp³-hybridized carbons (Fsp3) is 0.368. The molecule has 136 valence electrons. The van der Waals surface area contributed by atoms with Crippen molar-refractivity contribution in [3.8, 4) is 0 Å². The highest BCUT2D eigenvalue weighted by atomic mass is 16.2. The Balaban J connectivity index is 1.64. The van der Waals surface area contributed by atoms with Gasteiger partial charge in [-0.25, -0.2) is 10.1 Å². The number of hydrazone groups is 1. The summed E-state index contributed by atoms with van der Waals surface area (Å²) in [7, 11) is 0. The van der Waals surface area contributed by atoms with Crippen LogP contribution in [-0.4, -0.2) is 31.7 Å². The molecule has 3 rings (SSSR count). The summed E-state index contributed by atoms with van der Waals surface area (Å²) >= 11 is 0. The zero-order valence-corrected chi connectivity index (χ0v) is 15.6. The fourth-order valence-corrected chi connectivity index (χ4v) is 2.98. The molecule has 0 aliphatic rings. The van der Waals surface area contributed by atoms with Gasteiger partial charge in [-0.3, -0.25) is 4.79 Å². The molecular formula is C19H24N6O. The van der Waals surface area contributed by atoms with Crippen LogP contribution in [0.4, 0.5) is 0 Å². The minimum absolute atomic E-state index is 0.0736. The summed E-state index contributed by atoms with van der Waals surface area (Å²) in [6, 6.07) is 9.61. The van der Waals surface area contributed by atoms with Gasteiger partial charge in [0.15, 0.2) is 0 Å². The van der Waals surface area contributed by atoms with Gasteiger partial charge in [-0.05, 0) is 38.0 Å². The molecule has 0 aliphatic heterocycles. The van der Waals surface area contributed by atoms with Crippen LogP contribution >= 0.6 is 0 Å². The zero-order valence-electron chi connectivity index (χ0n) is 15.6. The van der Waals surface area contributed by atoms with Crippen molar-refractivity contribution in [3.05, 3.63) is 47.3 Å². The lowest BCUT2D eigenvalue weighted by atomic mass is 10.2. The van der Waals surface area contributed by atoms with Gasteiger partial charge in [0.1, 0.15) is 12.1 Å². The maximum atomic E-state index is 12.1. The first-order chi connectivity index (χ1) is 12.5. The largest absolute Gasteiger partial charge is 0.348 e. The monoisotopic (exact) mass is 352 g/mol. The number of para-hydroxylation sites is 1. The molecular weight excluding hydrogens is 328 g/mol. The van der Waals surface area contributed by atoms with E-state index >= 15 is 0 Å². The van der Waals surface area contributed by atoms with E-state index in [9.17, 15) is 4.79 Å². The number of carbonyl (C=O) groups is 1. The molecule has 0 aliphatic carbocycles. The molecule has 7 heteroatoms. The molecule has 3 aromatic rings. The van der Waals surface area contributed by atoms with E-state index in [1.54, 1.807) is 10.9 Å². The van der Waals surface area contributed by atoms with Crippen molar-refractivity contribution < 1.29 is 4.79 Å². The van der Waals surface area contributed by atoms with Gasteiger partial charge >= 0.3 is 0 Å². The second kappa shape index (κ2) is 7.51. The molecule has 0 spiro atoms. The van der Waals surface area contributed by atoms with Crippen molar-refractivity contribution in [2.24, 2.45) is 11.0 Å². The Morgan fingerprint density at radius 2 is 2.08 bits per heavy atom. The number of rotatable bonds is 6. The Hall–Kier alpha value is -2.96. The number of hydrogen-bond acceptors (Lipinski definition) is 4. The van der Waals surface area contributed by atoms with E-state index in [-0.39, 0.29) is 12.5 Å². The highest BCUT2D eigenvalue weighted by Gasteiger charge is 2.10. The first-order valence-electron chi connectivity index (χ1n) is 8.72. The SMILES string of the molecule is Cc1cc(/C=N\NC(=O)Cn2nnc3ccccc32)c(C)n1CC(C)C. The first kappa shape index (κ1) is 17.8. The lowest BCUT2D eigenvalue weighted by Gasteiger charge is -2.11. The Kier molecular flexibility index (Phi) is 5.16. The summed E-state index contributed by atoms with van der Waals surface area (Å²) in [6.45, 7) is 9.59. The average Bonchev–Trinajstić information content (AvgIpc) is 3.11. The molecule has 26 heavy (non-hydrogen) atoms. The third kappa shape index (κ3) is 3.82. The van der Waals surface area contributed by atoms with Crippen molar-refractivity contribution in [2.45, 2.75) is 40.8 Å². The maximum absolute atomic E-state index is 12.1. The Labute approximate surface area is 152 Å². The van der Waals surface area contributed by atoms with Gasteiger partial charge in [0.2, 0.25) is 0 Å². The third-order valence-corrected chi connectivity index (χ3v) is 4.27. The van der Waals surface area contributed by atoms with Crippen LogP contribution in [0.15, 0.2) is 35.4 Å². The van der Waals surface area contributed by atoms with E-state index in [0.717, 1.165) is 28.8 Å². The molecule has 1 N–H and O–H groups in total. The predicted molar refractivity (Wildman–Crippen MR) is 102 cm³/mol. The second-order valence-corrected chi connectivity index (χ2v) is 6.86. The van der Waals surface area contributed by atoms with Gasteiger partial charge in [-0.15, -0.1) is 5.10 Å². The highest BCUT2D eigenvalue weighted by molar-refractivity contribution is 5.84. The number of nitrogens with zero attached hydrogens (tertiary/aromatic N) is 5. The number of benzene rings is 1. The number of fused-ring (bicyclic) bond motifs is 1. The molecule has 2 heterocycles. The number of nitrogens with one attached hydrogen (secondary N) is 1. The summed E-state index contributed by atoms with van der Waals surface area (Å²) < 4.78 is 3.84. The number of carbonyl (C=O) groups excluding carboxylic acids is 1. The van der Waals surface area contributed by atoms with Gasteiger partial charge in [-0.2, -0.15) is 5.10 Å². The summed E-state index contributed by atoms with van der Waals surface area (Å²) in [6.07, 6.45) is 1.69. The minimum atomic E-state index is -0.243. The van der Waals surface area contributed by atoms with Crippen LogP contribution in [-0.2, 0) is 17.9 Å². The van der Waals surface area contributed by atoms with Crippen LogP contribution in [0.2, 0.25) is 0 Å². The van der Waals surface area contributed by atoms with Gasteiger partial charge in [0, 0.05) is 23.5 Å². The van der Waals surface area contributed by atoms with Crippen LogP contribution < -0.4 is 5.43 Å². The average molecular weight is 352 g/mol. The zero-order chi connectivity index (χ0) is 18.7. The fourth-order valence-electron chi connectivity index (χ4n) is 2.98. The van der Waals surface area contributed by atoms with Crippen LogP contribution in [0, 0.1) is 19.8 Å². The van der Waals surface area contributed by atoms with Gasteiger partial charge in [0.05, 0.1) is 11.7 Å². The quantitative estimate of drug-likeness (QED) is 0.547. The van der Waals surface area contributed by atoms with Crippen molar-refractivity contribution in [2.75, 3.05) is 0 Å². The van der Waals surface area contributed by atoms with Crippen molar-refractivity contribution in [3.63, 3.8) is 0 Å². The summed E-state index contributed by atoms with van der Waals surface area (Å²) in [4.78, 5) is 12.1. The maximum Gasteiger partial charge on any atom is 0.261 e. The Morgan fingerprint density at radius 3 is 2.85 bits per heavy atom. The van der Waals surface area contributed by atoms with Crippen LogP contribution in [0.1, 0.15) is 30.8 Å². The first-order valence-corrected chi connectivity index (χ1v) is 8.72. The molecule has 0 radical (unpaired) electrons. The number of amides is 1. The van der Waals surface area contributed by atoms with Crippen molar-refractivity contribution in [1.29, 1.82) is 0 Å². The normalized spacial score (nSPS) is 11.7. The number of aryl methyl sites for hydroxylation is 1. The summed E-state index contributed by atoms with van der Waals surface area (Å²) in [5, 5.41) is 12.1. The molecule has 0 bridgehead atoms. The number of aromatic nitrogens is 4. The molecule has 0 unspecified atom stereocenters. The molecule has 0 atom stereocenters. The second-order valence-electron chi connectivity index (χ2n) is 6.86. The minimum Gasteiger partial charge on any atom is -0.348 e. The van der Waals surface area contributed by atoms with E-state index in [4.69, 9.17) is 0 Å². The van der Waals surface area contributed by atoms with Crippen molar-refractivity contribution in [1.82, 2.24) is 25.0 Å². The molecule has 2 aromatic heterocycles. The van der Waals surface area contributed by atoms with E-state index in [0.29, 0.717) is 5.92 Å². The van der Waals surface area contributed by atoms with Gasteiger partial charge in [0.25, 0.3) is 5.91 Å². The van der Waals surface area contributed by atoms with Gasteiger partial charge in [-0.1, -0.05) is 31.2 Å². The molecule has 1 aromatic carbocycles. The molecule has 0 saturated carbocycles. The molecule has 0 fully saturated rings. The van der Waals surface area contributed by atoms with Crippen LogP contribution in [0.3, 0.4) is 0 Å². The van der Waals surface area contributed by atoms with Crippen molar-refractivity contribution >= 4 is 23.2 Å². The highest BCUT2D eigenvalue weighted by Crippen LogP contribution is 2.15. The van der Waals surface area contributed by atoms with Crippen LogP contribution in [0.25, 0.3) is 11.0 Å². The molecule has 0 saturated heterocycles. The predicted octanol–water partition coefficient (Wildman–Crippen LogP) is 2.66. The number of hydrogen-bond donors (Lipinski definition) is 1. The van der Waals surface area contributed by atoms with E-state index < -0.39 is 0 Å². The van der Waals surface area contributed by atoms with E-state index in [2.05, 4.69) is 59.2 Å². The summed E-state index contributed by atoms with van der Waals surface area (Å²) in [5.74, 6) is 0.328. The third-order valence-electron chi connectivity index (χ3n) is 4.27. The van der Waals surface area contributed by atoms with E-state index in [1.807, 2.05) is 24.3 Å². The standard InChI is InChI=1S/C19H24N6O/c1-13(2)11-24-14(3)9-16(15(24)4)10-20-22-19(26)12-25-18-8-6-5-7-17(18)21-23-25/h5-10,13H,11-12H2,1-4H3,(H,22,26)/b20-10-. The lowest BCUT2D eigenvalue weighted by Crippen LogP contribution is -2.23. The molecule has 1 amide bonds.